The molecule has 136 valence electrons. The van der Waals surface area contributed by atoms with Crippen LogP contribution in [0.5, 0.6) is 0 Å². The molecule has 0 amide bonds. The van der Waals surface area contributed by atoms with E-state index in [0.29, 0.717) is 0 Å². The van der Waals surface area contributed by atoms with Crippen molar-refractivity contribution in [2.75, 3.05) is 13.2 Å². The average Bonchev–Trinajstić information content (AvgIpc) is 3.30. The maximum Gasteiger partial charge on any atom is 0.358 e. The molecule has 0 aliphatic heterocycles. The Morgan fingerprint density at radius 1 is 1.54 bits per heavy atom. The highest BCUT2D eigenvalue weighted by Gasteiger charge is 2.38. The van der Waals surface area contributed by atoms with Crippen molar-refractivity contribution in [2.24, 2.45) is 13.0 Å². The van der Waals surface area contributed by atoms with Gasteiger partial charge < -0.3 is 19.5 Å². The first-order valence-electron chi connectivity index (χ1n) is 7.56. The van der Waals surface area contributed by atoms with Gasteiger partial charge in [-0.15, -0.1) is 0 Å². The molecule has 0 saturated heterocycles. The summed E-state index contributed by atoms with van der Waals surface area (Å²) in [5.74, 6) is -2.29. The van der Waals surface area contributed by atoms with Crippen molar-refractivity contribution in [1.82, 2.24) is 9.29 Å². The lowest BCUT2D eigenvalue weighted by Crippen LogP contribution is -2.46. The zero-order chi connectivity index (χ0) is 18.1. The summed E-state index contributed by atoms with van der Waals surface area (Å²) >= 11 is 0. The number of halogens is 1. The number of hydrogen-bond donors (Lipinski definition) is 3. The predicted octanol–water partition coefficient (Wildman–Crippen LogP) is -0.249. The molecule has 24 heavy (non-hydrogen) atoms. The molecule has 8 nitrogen and oxygen atoms in total. The number of rotatable bonds is 8. The van der Waals surface area contributed by atoms with Gasteiger partial charge in [0.1, 0.15) is 4.90 Å². The number of sulfonamides is 1. The highest BCUT2D eigenvalue weighted by molar-refractivity contribution is 7.89. The van der Waals surface area contributed by atoms with E-state index in [1.54, 1.807) is 6.92 Å². The first-order chi connectivity index (χ1) is 11.2. The Labute approximate surface area is 139 Å². The Hall–Kier alpha value is -1.49. The number of carbonyl (C=O) groups is 1. The van der Waals surface area contributed by atoms with E-state index in [4.69, 9.17) is 4.74 Å². The van der Waals surface area contributed by atoms with E-state index in [2.05, 4.69) is 4.72 Å². The summed E-state index contributed by atoms with van der Waals surface area (Å²) in [7, 11) is -3.06. The van der Waals surface area contributed by atoms with Crippen LogP contribution in [0.15, 0.2) is 11.1 Å². The molecule has 1 fully saturated rings. The third kappa shape index (κ3) is 3.77. The third-order valence-corrected chi connectivity index (χ3v) is 5.34. The van der Waals surface area contributed by atoms with Gasteiger partial charge in [0, 0.05) is 13.2 Å². The lowest BCUT2D eigenvalue weighted by Gasteiger charge is -2.21. The zero-order valence-electron chi connectivity index (χ0n) is 13.4. The molecule has 1 aromatic rings. The molecule has 0 radical (unpaired) electrons. The maximum absolute atomic E-state index is 14.4. The van der Waals surface area contributed by atoms with Crippen molar-refractivity contribution in [3.05, 3.63) is 17.7 Å². The molecule has 1 heterocycles. The van der Waals surface area contributed by atoms with Gasteiger partial charge in [0.2, 0.25) is 10.0 Å². The van der Waals surface area contributed by atoms with Crippen LogP contribution in [0.4, 0.5) is 4.39 Å². The Morgan fingerprint density at radius 2 is 2.17 bits per heavy atom. The van der Waals surface area contributed by atoms with Crippen LogP contribution in [0.3, 0.4) is 0 Å². The number of carbonyl (C=O) groups excluding carboxylic acids is 1. The molecule has 0 aromatic carbocycles. The normalized spacial score (nSPS) is 17.5. The second-order valence-electron chi connectivity index (χ2n) is 5.73. The molecule has 1 unspecified atom stereocenters. The molecule has 1 aliphatic carbocycles. The molecule has 10 heteroatoms. The fourth-order valence-corrected chi connectivity index (χ4v) is 3.80. The molecule has 0 spiro atoms. The topological polar surface area (TPSA) is 118 Å². The molecule has 2 rings (SSSR count). The van der Waals surface area contributed by atoms with Crippen LogP contribution in [0, 0.1) is 11.7 Å². The van der Waals surface area contributed by atoms with Crippen LogP contribution < -0.4 is 4.72 Å². The van der Waals surface area contributed by atoms with Gasteiger partial charge >= 0.3 is 5.97 Å². The van der Waals surface area contributed by atoms with Crippen molar-refractivity contribution < 1.29 is 32.6 Å². The van der Waals surface area contributed by atoms with Crippen LogP contribution >= 0.6 is 0 Å². The summed E-state index contributed by atoms with van der Waals surface area (Å²) in [4.78, 5) is 11.0. The molecule has 1 aromatic heterocycles. The fourth-order valence-electron chi connectivity index (χ4n) is 2.43. The molecule has 2 atom stereocenters. The number of aliphatic hydroxyl groups is 2. The first-order valence-corrected chi connectivity index (χ1v) is 9.04. The van der Waals surface area contributed by atoms with E-state index in [-0.39, 0.29) is 12.5 Å². The number of nitrogens with zero attached hydrogens (tertiary/aromatic N) is 1. The van der Waals surface area contributed by atoms with Crippen LogP contribution in [0.1, 0.15) is 30.3 Å². The van der Waals surface area contributed by atoms with Crippen LogP contribution in [-0.4, -0.2) is 54.5 Å². The summed E-state index contributed by atoms with van der Waals surface area (Å²) in [6, 6.07) is -1.15. The Balaban J connectivity index is 2.28. The van der Waals surface area contributed by atoms with Gasteiger partial charge in [-0.25, -0.2) is 22.3 Å². The van der Waals surface area contributed by atoms with Gasteiger partial charge in [0.25, 0.3) is 0 Å². The molecule has 1 saturated carbocycles. The van der Waals surface area contributed by atoms with E-state index < -0.39 is 51.2 Å². The summed E-state index contributed by atoms with van der Waals surface area (Å²) in [5, 5.41) is 19.3. The quantitative estimate of drug-likeness (QED) is 0.548. The van der Waals surface area contributed by atoms with E-state index in [1.807, 2.05) is 0 Å². The number of aromatic nitrogens is 1. The van der Waals surface area contributed by atoms with Crippen LogP contribution in [0.2, 0.25) is 0 Å². The van der Waals surface area contributed by atoms with Gasteiger partial charge in [0.05, 0.1) is 25.4 Å². The lowest BCUT2D eigenvalue weighted by atomic mass is 10.1. The smallest absolute Gasteiger partial charge is 0.358 e. The van der Waals surface area contributed by atoms with Crippen LogP contribution in [0.25, 0.3) is 0 Å². The number of aliphatic hydroxyl groups excluding tert-OH is 2. The molecule has 1 aliphatic rings. The first kappa shape index (κ1) is 18.8. The van der Waals surface area contributed by atoms with Gasteiger partial charge in [-0.1, -0.05) is 0 Å². The van der Waals surface area contributed by atoms with E-state index in [0.717, 1.165) is 23.6 Å². The van der Waals surface area contributed by atoms with Crippen molar-refractivity contribution >= 4 is 16.0 Å². The molecule has 3 N–H and O–H groups in total. The van der Waals surface area contributed by atoms with Crippen molar-refractivity contribution in [1.29, 1.82) is 0 Å². The molecular weight excluding hydrogens is 343 g/mol. The minimum atomic E-state index is -4.38. The number of esters is 1. The minimum Gasteiger partial charge on any atom is -0.461 e. The summed E-state index contributed by atoms with van der Waals surface area (Å²) in [6.07, 6.45) is 1.38. The molecular formula is C14H21FN2O6S. The van der Waals surface area contributed by atoms with Gasteiger partial charge in [-0.2, -0.15) is 0 Å². The number of aryl methyl sites for hydroxylation is 1. The number of ether oxygens (including phenoxy) is 1. The van der Waals surface area contributed by atoms with Crippen molar-refractivity contribution in [2.45, 2.75) is 36.8 Å². The highest BCUT2D eigenvalue weighted by atomic mass is 32.2. The lowest BCUT2D eigenvalue weighted by molar-refractivity contribution is 0.0509. The average molecular weight is 364 g/mol. The molecule has 0 bridgehead atoms. The highest BCUT2D eigenvalue weighted by Crippen LogP contribution is 2.34. The standard InChI is InChI=1S/C14H21FN2O6S/c1-3-23-14(20)12-11(15)10(6-17(12)2)24(21,22)16-9(7-18)13(19)8-4-5-8/h6,8-9,13,16,18-19H,3-5,7H2,1-2H3/t9-,13?/m0/s1. The number of hydrogen-bond acceptors (Lipinski definition) is 6. The van der Waals surface area contributed by atoms with Crippen molar-refractivity contribution in [3.8, 4) is 0 Å². The van der Waals surface area contributed by atoms with Gasteiger partial charge in [0.15, 0.2) is 11.5 Å². The van der Waals surface area contributed by atoms with Gasteiger partial charge in [-0.3, -0.25) is 0 Å². The van der Waals surface area contributed by atoms with Crippen LogP contribution in [-0.2, 0) is 21.8 Å². The summed E-state index contributed by atoms with van der Waals surface area (Å²) < 4.78 is 47.0. The second kappa shape index (κ2) is 7.18. The Morgan fingerprint density at radius 3 is 2.67 bits per heavy atom. The predicted molar refractivity (Wildman–Crippen MR) is 81.3 cm³/mol. The third-order valence-electron chi connectivity index (χ3n) is 3.87. The van der Waals surface area contributed by atoms with Crippen molar-refractivity contribution in [3.63, 3.8) is 0 Å². The summed E-state index contributed by atoms with van der Waals surface area (Å²) in [5.41, 5.74) is -0.513. The zero-order valence-corrected chi connectivity index (χ0v) is 14.2. The van der Waals surface area contributed by atoms with Gasteiger partial charge in [-0.05, 0) is 25.7 Å². The summed E-state index contributed by atoms with van der Waals surface area (Å²) in [6.45, 7) is 0.934. The maximum atomic E-state index is 14.4. The Kier molecular flexibility index (Phi) is 5.63. The SMILES string of the molecule is CCOC(=O)c1c(F)c(S(=O)(=O)N[C@@H](CO)C(O)C2CC2)cn1C. The Bertz CT molecular complexity index is 713. The fraction of sp³-hybridized carbons (Fsp3) is 0.643. The largest absolute Gasteiger partial charge is 0.461 e. The second-order valence-corrected chi connectivity index (χ2v) is 7.41. The van der Waals surface area contributed by atoms with E-state index in [1.165, 1.54) is 7.05 Å². The van der Waals surface area contributed by atoms with E-state index >= 15 is 0 Å². The number of nitrogens with one attached hydrogen (secondary N) is 1. The minimum absolute atomic E-state index is 0.0178. The van der Waals surface area contributed by atoms with E-state index in [9.17, 15) is 27.8 Å². The monoisotopic (exact) mass is 364 g/mol.